The van der Waals surface area contributed by atoms with E-state index in [1.165, 1.54) is 43.8 Å². The molecular weight excluding hydrogens is 913 g/mol. The number of aromatic amines is 3. The SMILES string of the molecule is CC(=O)N[C@H](C(=O)N[C@@H](Cc1c[nH]cn1)C(=O)N[C@@H](Cc1c[nH]cn1)C(=O)N[C@@H](CCCNC(=N)N)C(=O)N1CCC[C@H]1C(=O)N[C@@H](Cc1c[nH]c2ccccc12)C(=O)N[C@H](C(N)=O)[C@@H](C)O)[C@@H](C)O. The summed E-state index contributed by atoms with van der Waals surface area (Å²) in [6.07, 6.45) is 4.84. The summed E-state index contributed by atoms with van der Waals surface area (Å²) in [5.41, 5.74) is 13.0. The molecule has 1 aliphatic heterocycles. The van der Waals surface area contributed by atoms with E-state index < -0.39 is 102 Å². The van der Waals surface area contributed by atoms with Crippen molar-refractivity contribution in [1.82, 2.24) is 67.0 Å². The number of aromatic nitrogens is 5. The van der Waals surface area contributed by atoms with Gasteiger partial charge in [0.2, 0.25) is 47.3 Å². The average molecular weight is 975 g/mol. The second kappa shape index (κ2) is 24.9. The predicted octanol–water partition coefficient (Wildman–Crippen LogP) is -3.93. The Morgan fingerprint density at radius 3 is 1.89 bits per heavy atom. The molecule has 4 aromatic rings. The number of imidazole rings is 2. The van der Waals surface area contributed by atoms with Crippen LogP contribution in [0.5, 0.6) is 0 Å². The number of guanidine groups is 1. The maximum atomic E-state index is 14.7. The highest BCUT2D eigenvalue weighted by molar-refractivity contribution is 5.98. The van der Waals surface area contributed by atoms with Crippen molar-refractivity contribution in [3.63, 3.8) is 0 Å². The number of likely N-dealkylation sites (tertiary alicyclic amines) is 1. The second-order valence-electron chi connectivity index (χ2n) is 17.1. The van der Waals surface area contributed by atoms with Gasteiger partial charge < -0.3 is 78.7 Å². The van der Waals surface area contributed by atoms with E-state index in [9.17, 15) is 48.6 Å². The van der Waals surface area contributed by atoms with Gasteiger partial charge in [0.25, 0.3) is 0 Å². The first-order valence-electron chi connectivity index (χ1n) is 22.7. The number of H-pyrrole nitrogens is 3. The topological polar surface area (TPSA) is 414 Å². The highest BCUT2D eigenvalue weighted by Gasteiger charge is 2.41. The van der Waals surface area contributed by atoms with Gasteiger partial charge in [-0.25, -0.2) is 9.97 Å². The van der Waals surface area contributed by atoms with Crippen LogP contribution in [0.4, 0.5) is 0 Å². The fraction of sp³-hybridized carbons (Fsp3) is 0.477. The summed E-state index contributed by atoms with van der Waals surface area (Å²) in [5, 5.41) is 47.0. The second-order valence-corrected chi connectivity index (χ2v) is 17.1. The molecule has 1 aromatic carbocycles. The van der Waals surface area contributed by atoms with Gasteiger partial charge in [0.1, 0.15) is 42.3 Å². The number of hydrogen-bond acceptors (Lipinski definition) is 13. The lowest BCUT2D eigenvalue weighted by molar-refractivity contribution is -0.142. The van der Waals surface area contributed by atoms with Crippen LogP contribution in [0.1, 0.15) is 63.4 Å². The maximum absolute atomic E-state index is 14.7. The molecule has 4 heterocycles. The number of carbonyl (C=O) groups is 8. The van der Waals surface area contributed by atoms with E-state index in [1.807, 2.05) is 18.2 Å². The van der Waals surface area contributed by atoms with Crippen LogP contribution in [0.25, 0.3) is 10.9 Å². The van der Waals surface area contributed by atoms with Gasteiger partial charge in [-0.3, -0.25) is 43.8 Å². The third kappa shape index (κ3) is 14.8. The normalized spacial score (nSPS) is 16.8. The minimum atomic E-state index is -1.49. The van der Waals surface area contributed by atoms with Gasteiger partial charge in [0.15, 0.2) is 5.96 Å². The van der Waals surface area contributed by atoms with Crippen molar-refractivity contribution >= 4 is 64.1 Å². The first-order chi connectivity index (χ1) is 33.3. The van der Waals surface area contributed by atoms with Crippen LogP contribution in [-0.4, -0.2) is 161 Å². The molecule has 5 rings (SSSR count). The quantitative estimate of drug-likeness (QED) is 0.0171. The molecule has 3 aromatic heterocycles. The molecule has 1 fully saturated rings. The van der Waals surface area contributed by atoms with Gasteiger partial charge in [-0.1, -0.05) is 18.2 Å². The van der Waals surface area contributed by atoms with E-state index in [0.717, 1.165) is 17.8 Å². The summed E-state index contributed by atoms with van der Waals surface area (Å²) in [6.45, 7) is 3.90. The van der Waals surface area contributed by atoms with Crippen molar-refractivity contribution in [2.75, 3.05) is 13.1 Å². The Balaban J connectivity index is 1.40. The van der Waals surface area contributed by atoms with E-state index in [-0.39, 0.29) is 57.6 Å². The summed E-state index contributed by atoms with van der Waals surface area (Å²) in [7, 11) is 0. The summed E-state index contributed by atoms with van der Waals surface area (Å²) in [5.74, 6) is -6.79. The summed E-state index contributed by atoms with van der Waals surface area (Å²) < 4.78 is 0. The summed E-state index contributed by atoms with van der Waals surface area (Å²) in [4.78, 5) is 127. The molecule has 9 atom stereocenters. The molecule has 26 nitrogen and oxygen atoms in total. The molecule has 0 saturated carbocycles. The summed E-state index contributed by atoms with van der Waals surface area (Å²) in [6, 6.07) is -2.29. The van der Waals surface area contributed by atoms with Crippen LogP contribution >= 0.6 is 0 Å². The van der Waals surface area contributed by atoms with Crippen LogP contribution < -0.4 is 48.7 Å². The van der Waals surface area contributed by atoms with Gasteiger partial charge in [-0.15, -0.1) is 0 Å². The Hall–Kier alpha value is -7.87. The summed E-state index contributed by atoms with van der Waals surface area (Å²) >= 11 is 0. The number of rotatable bonds is 25. The maximum Gasteiger partial charge on any atom is 0.245 e. The number of amides is 8. The van der Waals surface area contributed by atoms with E-state index >= 15 is 0 Å². The Morgan fingerprint density at radius 2 is 1.33 bits per heavy atom. The fourth-order valence-corrected chi connectivity index (χ4v) is 8.04. The number of aliphatic hydroxyl groups is 2. The molecule has 378 valence electrons. The van der Waals surface area contributed by atoms with Gasteiger partial charge in [0, 0.05) is 68.8 Å². The first kappa shape index (κ1) is 53.1. The number of aliphatic hydroxyl groups excluding tert-OH is 2. The van der Waals surface area contributed by atoms with E-state index in [1.54, 1.807) is 12.3 Å². The molecule has 0 unspecified atom stereocenters. The highest BCUT2D eigenvalue weighted by atomic mass is 16.3. The van der Waals surface area contributed by atoms with Crippen molar-refractivity contribution in [3.8, 4) is 0 Å². The number of carbonyl (C=O) groups excluding carboxylic acids is 8. The molecule has 0 bridgehead atoms. The monoisotopic (exact) mass is 974 g/mol. The molecule has 1 saturated heterocycles. The van der Waals surface area contributed by atoms with Crippen molar-refractivity contribution in [2.45, 2.75) is 120 Å². The van der Waals surface area contributed by atoms with Crippen LogP contribution in [0, 0.1) is 5.41 Å². The van der Waals surface area contributed by atoms with Crippen molar-refractivity contribution in [1.29, 1.82) is 5.41 Å². The van der Waals surface area contributed by atoms with Crippen molar-refractivity contribution in [3.05, 3.63) is 72.5 Å². The molecule has 0 radical (unpaired) electrons. The van der Waals surface area contributed by atoms with E-state index in [4.69, 9.17) is 16.9 Å². The lowest BCUT2D eigenvalue weighted by atomic mass is 10.0. The molecule has 70 heavy (non-hydrogen) atoms. The number of nitrogens with two attached hydrogens (primary N) is 2. The molecule has 26 heteroatoms. The number of benzene rings is 1. The van der Waals surface area contributed by atoms with Crippen molar-refractivity contribution in [2.24, 2.45) is 11.5 Å². The smallest absolute Gasteiger partial charge is 0.245 e. The Kier molecular flexibility index (Phi) is 18.9. The van der Waals surface area contributed by atoms with Crippen molar-refractivity contribution < 1.29 is 48.6 Å². The largest absolute Gasteiger partial charge is 0.391 e. The zero-order chi connectivity index (χ0) is 51.1. The number of hydrogen-bond donors (Lipinski definition) is 15. The van der Waals surface area contributed by atoms with E-state index in [2.05, 4.69) is 62.1 Å². The lowest BCUT2D eigenvalue weighted by Crippen LogP contribution is -2.61. The predicted molar refractivity (Wildman–Crippen MR) is 250 cm³/mol. The number of primary amides is 1. The van der Waals surface area contributed by atoms with E-state index in [0.29, 0.717) is 23.4 Å². The van der Waals surface area contributed by atoms with Crippen LogP contribution in [-0.2, 0) is 57.6 Å². The van der Waals surface area contributed by atoms with Gasteiger partial charge in [0.05, 0.1) is 36.3 Å². The number of fused-ring (bicyclic) bond motifs is 1. The molecule has 0 aliphatic carbocycles. The number of nitrogens with zero attached hydrogens (tertiary/aromatic N) is 3. The number of nitrogens with one attached hydrogen (secondary N) is 11. The zero-order valence-corrected chi connectivity index (χ0v) is 38.9. The van der Waals surface area contributed by atoms with Gasteiger partial charge in [-0.2, -0.15) is 0 Å². The average Bonchev–Trinajstić information content (AvgIpc) is 4.16. The first-order valence-corrected chi connectivity index (χ1v) is 22.7. The van der Waals surface area contributed by atoms with Crippen LogP contribution in [0.15, 0.2) is 55.5 Å². The zero-order valence-electron chi connectivity index (χ0n) is 38.9. The van der Waals surface area contributed by atoms with Crippen LogP contribution in [0.2, 0.25) is 0 Å². The molecule has 0 spiro atoms. The third-order valence-electron chi connectivity index (χ3n) is 11.6. The Bertz CT molecular complexity index is 2460. The molecule has 17 N–H and O–H groups in total. The highest BCUT2D eigenvalue weighted by Crippen LogP contribution is 2.23. The molecular formula is C44H62N16O10. The van der Waals surface area contributed by atoms with Gasteiger partial charge >= 0.3 is 0 Å². The number of para-hydroxylation sites is 1. The Labute approximate surface area is 401 Å². The lowest BCUT2D eigenvalue weighted by Gasteiger charge is -2.31. The van der Waals surface area contributed by atoms with Gasteiger partial charge in [-0.05, 0) is 51.2 Å². The third-order valence-corrected chi connectivity index (χ3v) is 11.6. The minimum absolute atomic E-state index is 0.0417. The minimum Gasteiger partial charge on any atom is -0.391 e. The Morgan fingerprint density at radius 1 is 0.757 bits per heavy atom. The molecule has 1 aliphatic rings. The molecule has 8 amide bonds. The standard InChI is InChI=1S/C44H62N16O10/c1-22(61)35(37(45)64)59-40(67)31(14-25-17-51-29-9-5-4-8-28(25)29)57-41(68)34-11-7-13-60(34)43(70)30(10-6-12-50-44(46)47)55-38(65)32(15-26-18-48-20-52-26)56-39(66)33(16-27-19-49-21-53-27)58-42(69)36(23(2)62)54-24(3)63/h4-5,8-9,17-23,30-36,51,61-62H,6-7,10-16H2,1-3H3,(H2,45,64)(H,48,52)(H,49,53)(H,54,63)(H,55,65)(H,56,66)(H,57,68)(H,58,69)(H,59,67)(H4,46,47,50)/t22-,23-,30+,31+,32+,33+,34+,35+,36+/m1/s1. The fourth-order valence-electron chi connectivity index (χ4n) is 8.04. The van der Waals surface area contributed by atoms with Crippen LogP contribution in [0.3, 0.4) is 0 Å².